The molecule has 0 aliphatic carbocycles. The van der Waals surface area contributed by atoms with Gasteiger partial charge in [0.2, 0.25) is 0 Å². The lowest BCUT2D eigenvalue weighted by atomic mass is 9.97. The third-order valence-electron chi connectivity index (χ3n) is 3.45. The van der Waals surface area contributed by atoms with Gasteiger partial charge in [0.05, 0.1) is 11.2 Å². The van der Waals surface area contributed by atoms with Gasteiger partial charge in [-0.3, -0.25) is 0 Å². The Balaban J connectivity index is 1.88. The summed E-state index contributed by atoms with van der Waals surface area (Å²) in [4.78, 5) is 2.68. The number of fused-ring (bicyclic) bond motifs is 1. The predicted molar refractivity (Wildman–Crippen MR) is 82.9 cm³/mol. The first-order valence-electron chi connectivity index (χ1n) is 6.38. The average Bonchev–Trinajstić information content (AvgIpc) is 2.85. The van der Waals surface area contributed by atoms with E-state index in [0.717, 1.165) is 0 Å². The number of rotatable bonds is 3. The molecule has 19 heavy (non-hydrogen) atoms. The van der Waals surface area contributed by atoms with E-state index < -0.39 is 0 Å². The SMILES string of the molecule is Cc1ccccc1C(CO)C1Sc2ccccc2S1. The summed E-state index contributed by atoms with van der Waals surface area (Å²) in [7, 11) is 0. The fourth-order valence-electron chi connectivity index (χ4n) is 2.42. The van der Waals surface area contributed by atoms with Crippen LogP contribution in [0.15, 0.2) is 58.3 Å². The molecule has 98 valence electrons. The highest BCUT2D eigenvalue weighted by molar-refractivity contribution is 8.19. The number of thioether (sulfide) groups is 2. The highest BCUT2D eigenvalue weighted by Gasteiger charge is 2.31. The van der Waals surface area contributed by atoms with Crippen molar-refractivity contribution >= 4 is 23.5 Å². The zero-order valence-corrected chi connectivity index (χ0v) is 12.4. The van der Waals surface area contributed by atoms with Crippen LogP contribution in [0, 0.1) is 6.92 Å². The van der Waals surface area contributed by atoms with Crippen molar-refractivity contribution in [2.24, 2.45) is 0 Å². The van der Waals surface area contributed by atoms with Gasteiger partial charge in [-0.25, -0.2) is 0 Å². The first kappa shape index (κ1) is 13.1. The van der Waals surface area contributed by atoms with Gasteiger partial charge in [0, 0.05) is 15.7 Å². The van der Waals surface area contributed by atoms with E-state index in [1.54, 1.807) is 0 Å². The number of aliphatic hydroxyl groups is 1. The summed E-state index contributed by atoms with van der Waals surface area (Å²) in [5.41, 5.74) is 2.53. The van der Waals surface area contributed by atoms with Gasteiger partial charge in [0.25, 0.3) is 0 Å². The summed E-state index contributed by atoms with van der Waals surface area (Å²) in [6, 6.07) is 16.9. The maximum atomic E-state index is 9.82. The van der Waals surface area contributed by atoms with E-state index in [9.17, 15) is 5.11 Å². The minimum Gasteiger partial charge on any atom is -0.396 e. The van der Waals surface area contributed by atoms with Crippen molar-refractivity contribution in [2.75, 3.05) is 6.61 Å². The second-order valence-corrected chi connectivity index (χ2v) is 7.36. The fraction of sp³-hybridized carbons (Fsp3) is 0.250. The van der Waals surface area contributed by atoms with Gasteiger partial charge in [-0.2, -0.15) is 0 Å². The second-order valence-electron chi connectivity index (χ2n) is 4.70. The highest BCUT2D eigenvalue weighted by Crippen LogP contribution is 2.52. The van der Waals surface area contributed by atoms with E-state index >= 15 is 0 Å². The van der Waals surface area contributed by atoms with Crippen LogP contribution in [0.5, 0.6) is 0 Å². The lowest BCUT2D eigenvalue weighted by Gasteiger charge is -2.22. The van der Waals surface area contributed by atoms with Gasteiger partial charge in [0.15, 0.2) is 0 Å². The molecule has 1 unspecified atom stereocenters. The Hall–Kier alpha value is -0.900. The van der Waals surface area contributed by atoms with Crippen molar-refractivity contribution in [3.05, 3.63) is 59.7 Å². The van der Waals surface area contributed by atoms with Crippen LogP contribution in [0.2, 0.25) is 0 Å². The van der Waals surface area contributed by atoms with Crippen LogP contribution < -0.4 is 0 Å². The summed E-state index contributed by atoms with van der Waals surface area (Å²) in [5, 5.41) is 9.82. The number of hydrogen-bond donors (Lipinski definition) is 1. The summed E-state index contributed by atoms with van der Waals surface area (Å²) in [5.74, 6) is 0.184. The molecule has 0 fully saturated rings. The average molecular weight is 288 g/mol. The predicted octanol–water partition coefficient (Wildman–Crippen LogP) is 4.30. The van der Waals surface area contributed by atoms with Crippen LogP contribution in [0.1, 0.15) is 17.0 Å². The number of aryl methyl sites for hydroxylation is 1. The molecule has 0 spiro atoms. The van der Waals surface area contributed by atoms with Crippen molar-refractivity contribution in [1.82, 2.24) is 0 Å². The molecule has 1 nitrogen and oxygen atoms in total. The maximum absolute atomic E-state index is 9.82. The Morgan fingerprint density at radius 1 is 1.00 bits per heavy atom. The Morgan fingerprint density at radius 2 is 1.58 bits per heavy atom. The molecule has 1 atom stereocenters. The minimum atomic E-state index is 0.184. The number of aliphatic hydroxyl groups excluding tert-OH is 1. The molecule has 0 bridgehead atoms. The monoisotopic (exact) mass is 288 g/mol. The molecule has 0 radical (unpaired) electrons. The van der Waals surface area contributed by atoms with Crippen LogP contribution in [0.3, 0.4) is 0 Å². The molecule has 1 N–H and O–H groups in total. The Labute approximate surface area is 122 Å². The molecular formula is C16H16OS2. The fourth-order valence-corrected chi connectivity index (χ4v) is 5.50. The van der Waals surface area contributed by atoms with E-state index in [4.69, 9.17) is 0 Å². The minimum absolute atomic E-state index is 0.184. The van der Waals surface area contributed by atoms with Gasteiger partial charge in [-0.05, 0) is 30.2 Å². The second kappa shape index (κ2) is 5.61. The molecule has 1 aliphatic heterocycles. The first-order chi connectivity index (χ1) is 9.29. The zero-order chi connectivity index (χ0) is 13.2. The first-order valence-corrected chi connectivity index (χ1v) is 8.14. The van der Waals surface area contributed by atoms with E-state index in [0.29, 0.717) is 4.58 Å². The third-order valence-corrected chi connectivity index (χ3v) is 6.50. The van der Waals surface area contributed by atoms with Gasteiger partial charge in [-0.1, -0.05) is 36.4 Å². The molecular weight excluding hydrogens is 272 g/mol. The molecule has 0 saturated carbocycles. The summed E-state index contributed by atoms with van der Waals surface area (Å²) < 4.78 is 0.364. The molecule has 1 aliphatic rings. The van der Waals surface area contributed by atoms with E-state index in [2.05, 4.69) is 55.5 Å². The molecule has 1 heterocycles. The van der Waals surface area contributed by atoms with E-state index in [-0.39, 0.29) is 12.5 Å². The summed E-state index contributed by atoms with van der Waals surface area (Å²) in [6.45, 7) is 2.32. The molecule has 2 aromatic carbocycles. The Morgan fingerprint density at radius 3 is 2.16 bits per heavy atom. The summed E-state index contributed by atoms with van der Waals surface area (Å²) in [6.07, 6.45) is 0. The van der Waals surface area contributed by atoms with Crippen LogP contribution in [-0.4, -0.2) is 16.3 Å². The van der Waals surface area contributed by atoms with Crippen LogP contribution in [0.4, 0.5) is 0 Å². The number of hydrogen-bond acceptors (Lipinski definition) is 3. The van der Waals surface area contributed by atoms with Crippen molar-refractivity contribution in [3.63, 3.8) is 0 Å². The van der Waals surface area contributed by atoms with Crippen LogP contribution >= 0.6 is 23.5 Å². The van der Waals surface area contributed by atoms with Gasteiger partial charge in [0.1, 0.15) is 0 Å². The highest BCUT2D eigenvalue weighted by atomic mass is 32.2. The lowest BCUT2D eigenvalue weighted by Crippen LogP contribution is -2.15. The molecule has 0 amide bonds. The van der Waals surface area contributed by atoms with Crippen molar-refractivity contribution in [3.8, 4) is 0 Å². The quantitative estimate of drug-likeness (QED) is 0.909. The van der Waals surface area contributed by atoms with Crippen LogP contribution in [-0.2, 0) is 0 Å². The molecule has 0 saturated heterocycles. The third kappa shape index (κ3) is 2.55. The van der Waals surface area contributed by atoms with Gasteiger partial charge < -0.3 is 5.11 Å². The van der Waals surface area contributed by atoms with E-state index in [1.807, 2.05) is 23.5 Å². The van der Waals surface area contributed by atoms with Crippen LogP contribution in [0.25, 0.3) is 0 Å². The zero-order valence-electron chi connectivity index (χ0n) is 10.7. The molecule has 3 heteroatoms. The lowest BCUT2D eigenvalue weighted by molar-refractivity contribution is 0.271. The van der Waals surface area contributed by atoms with Crippen molar-refractivity contribution in [1.29, 1.82) is 0 Å². The Kier molecular flexibility index (Phi) is 3.87. The van der Waals surface area contributed by atoms with E-state index in [1.165, 1.54) is 20.9 Å². The van der Waals surface area contributed by atoms with Crippen molar-refractivity contribution in [2.45, 2.75) is 27.2 Å². The number of benzene rings is 2. The summed E-state index contributed by atoms with van der Waals surface area (Å²) >= 11 is 3.75. The molecule has 2 aromatic rings. The Bertz CT molecular complexity index is 557. The maximum Gasteiger partial charge on any atom is 0.0688 e. The van der Waals surface area contributed by atoms with Gasteiger partial charge >= 0.3 is 0 Å². The largest absolute Gasteiger partial charge is 0.396 e. The topological polar surface area (TPSA) is 20.2 Å². The molecule has 0 aromatic heterocycles. The standard InChI is InChI=1S/C16H16OS2/c1-11-6-2-3-7-12(11)13(10-17)16-18-14-8-4-5-9-15(14)19-16/h2-9,13,16-17H,10H2,1H3. The normalized spacial score (nSPS) is 16.3. The smallest absolute Gasteiger partial charge is 0.0688 e. The van der Waals surface area contributed by atoms with Crippen molar-refractivity contribution < 1.29 is 5.11 Å². The van der Waals surface area contributed by atoms with Gasteiger partial charge in [-0.15, -0.1) is 23.5 Å². The molecule has 3 rings (SSSR count).